The molecule has 1 aliphatic carbocycles. The summed E-state index contributed by atoms with van der Waals surface area (Å²) in [6.45, 7) is 4.35. The maximum Gasteiger partial charge on any atom is 0.142 e. The second-order valence-electron chi connectivity index (χ2n) is 4.27. The first-order valence-electron chi connectivity index (χ1n) is 4.50. The van der Waals surface area contributed by atoms with E-state index in [0.717, 1.165) is 18.4 Å². The third-order valence-corrected chi connectivity index (χ3v) is 3.33. The van der Waals surface area contributed by atoms with Gasteiger partial charge in [0.15, 0.2) is 0 Å². The zero-order valence-electron chi connectivity index (χ0n) is 7.82. The smallest absolute Gasteiger partial charge is 0.142 e. The third kappa shape index (κ3) is 1.26. The molecule has 70 valence electrons. The molecule has 0 aliphatic heterocycles. The highest BCUT2D eigenvalue weighted by Crippen LogP contribution is 2.41. The molecule has 0 bridgehead atoms. The van der Waals surface area contributed by atoms with E-state index in [0.29, 0.717) is 5.02 Å². The summed E-state index contributed by atoms with van der Waals surface area (Å²) in [5, 5.41) is 0.322. The van der Waals surface area contributed by atoms with E-state index < -0.39 is 0 Å². The molecular formula is C11H12ClF. The van der Waals surface area contributed by atoms with Gasteiger partial charge in [-0.3, -0.25) is 0 Å². The van der Waals surface area contributed by atoms with Gasteiger partial charge in [0.25, 0.3) is 0 Å². The van der Waals surface area contributed by atoms with E-state index in [2.05, 4.69) is 13.8 Å². The van der Waals surface area contributed by atoms with Gasteiger partial charge in [0.05, 0.1) is 5.02 Å². The van der Waals surface area contributed by atoms with Crippen molar-refractivity contribution in [2.24, 2.45) is 0 Å². The molecule has 0 unspecified atom stereocenters. The Morgan fingerprint density at radius 2 is 2.08 bits per heavy atom. The SMILES string of the molecule is CC1(C)CCc2c1ccc(F)c2Cl. The van der Waals surface area contributed by atoms with Crippen LogP contribution in [0.1, 0.15) is 31.4 Å². The van der Waals surface area contributed by atoms with Crippen LogP contribution in [-0.2, 0) is 11.8 Å². The van der Waals surface area contributed by atoms with Gasteiger partial charge < -0.3 is 0 Å². The lowest BCUT2D eigenvalue weighted by Gasteiger charge is -2.18. The van der Waals surface area contributed by atoms with Crippen molar-refractivity contribution in [1.82, 2.24) is 0 Å². The molecule has 0 atom stereocenters. The van der Waals surface area contributed by atoms with Crippen LogP contribution >= 0.6 is 11.6 Å². The molecule has 1 aromatic carbocycles. The minimum Gasteiger partial charge on any atom is -0.205 e. The minimum atomic E-state index is -0.293. The summed E-state index contributed by atoms with van der Waals surface area (Å²) in [7, 11) is 0. The first-order valence-corrected chi connectivity index (χ1v) is 4.87. The minimum absolute atomic E-state index is 0.159. The van der Waals surface area contributed by atoms with Crippen molar-refractivity contribution in [1.29, 1.82) is 0 Å². The van der Waals surface area contributed by atoms with Crippen LogP contribution in [0, 0.1) is 5.82 Å². The van der Waals surface area contributed by atoms with E-state index in [1.807, 2.05) is 6.07 Å². The predicted octanol–water partition coefficient (Wildman–Crippen LogP) is 3.70. The second kappa shape index (κ2) is 2.71. The van der Waals surface area contributed by atoms with Crippen molar-refractivity contribution in [3.63, 3.8) is 0 Å². The molecule has 0 radical (unpaired) electrons. The number of benzene rings is 1. The second-order valence-corrected chi connectivity index (χ2v) is 4.65. The molecule has 2 heteroatoms. The Morgan fingerprint density at radius 3 is 2.77 bits per heavy atom. The van der Waals surface area contributed by atoms with Crippen molar-refractivity contribution in [3.8, 4) is 0 Å². The standard InChI is InChI=1S/C11H12ClF/c1-11(2)6-5-7-8(11)3-4-9(13)10(7)12/h3-4H,5-6H2,1-2H3. The third-order valence-electron chi connectivity index (χ3n) is 2.93. The number of hydrogen-bond donors (Lipinski definition) is 0. The van der Waals surface area contributed by atoms with Crippen molar-refractivity contribution in [3.05, 3.63) is 34.1 Å². The lowest BCUT2D eigenvalue weighted by Crippen LogP contribution is -2.11. The molecule has 0 nitrogen and oxygen atoms in total. The average molecular weight is 199 g/mol. The van der Waals surface area contributed by atoms with E-state index in [9.17, 15) is 4.39 Å². The molecule has 0 heterocycles. The van der Waals surface area contributed by atoms with Gasteiger partial charge in [-0.2, -0.15) is 0 Å². The molecule has 0 amide bonds. The molecule has 0 saturated heterocycles. The van der Waals surface area contributed by atoms with Crippen LogP contribution in [-0.4, -0.2) is 0 Å². The fourth-order valence-electron chi connectivity index (χ4n) is 2.04. The molecule has 0 spiro atoms. The van der Waals surface area contributed by atoms with Crippen LogP contribution in [0.2, 0.25) is 5.02 Å². The van der Waals surface area contributed by atoms with Gasteiger partial charge in [-0.05, 0) is 35.4 Å². The maximum atomic E-state index is 13.1. The fraction of sp³-hybridized carbons (Fsp3) is 0.455. The van der Waals surface area contributed by atoms with E-state index in [-0.39, 0.29) is 11.2 Å². The fourth-order valence-corrected chi connectivity index (χ4v) is 2.30. The largest absolute Gasteiger partial charge is 0.205 e. The lowest BCUT2D eigenvalue weighted by molar-refractivity contribution is 0.522. The topological polar surface area (TPSA) is 0 Å². The summed E-state index contributed by atoms with van der Waals surface area (Å²) in [6.07, 6.45) is 1.96. The summed E-state index contributed by atoms with van der Waals surface area (Å²) in [5.41, 5.74) is 2.37. The summed E-state index contributed by atoms with van der Waals surface area (Å²) in [6, 6.07) is 3.33. The average Bonchev–Trinajstić information content (AvgIpc) is 2.35. The zero-order chi connectivity index (χ0) is 9.64. The number of halogens is 2. The Morgan fingerprint density at radius 1 is 1.38 bits per heavy atom. The normalized spacial score (nSPS) is 18.8. The van der Waals surface area contributed by atoms with Crippen molar-refractivity contribution >= 4 is 11.6 Å². The molecule has 1 aromatic rings. The first-order chi connectivity index (χ1) is 6.02. The van der Waals surface area contributed by atoms with Crippen molar-refractivity contribution in [2.45, 2.75) is 32.1 Å². The molecule has 0 N–H and O–H groups in total. The predicted molar refractivity (Wildman–Crippen MR) is 52.8 cm³/mol. The summed E-state index contributed by atoms with van der Waals surface area (Å²) in [5.74, 6) is -0.293. The van der Waals surface area contributed by atoms with Gasteiger partial charge in [0.1, 0.15) is 5.82 Å². The highest BCUT2D eigenvalue weighted by molar-refractivity contribution is 6.31. The Kier molecular flexibility index (Phi) is 1.88. The van der Waals surface area contributed by atoms with Crippen LogP contribution in [0.3, 0.4) is 0 Å². The van der Waals surface area contributed by atoms with Crippen molar-refractivity contribution in [2.75, 3.05) is 0 Å². The van der Waals surface area contributed by atoms with E-state index in [1.165, 1.54) is 11.6 Å². The Bertz CT molecular complexity index is 355. The molecule has 1 aliphatic rings. The van der Waals surface area contributed by atoms with E-state index in [4.69, 9.17) is 11.6 Å². The molecule has 0 fully saturated rings. The zero-order valence-corrected chi connectivity index (χ0v) is 8.58. The summed E-state index contributed by atoms with van der Waals surface area (Å²) >= 11 is 5.89. The van der Waals surface area contributed by atoms with Gasteiger partial charge >= 0.3 is 0 Å². The Balaban J connectivity index is 2.64. The van der Waals surface area contributed by atoms with Crippen molar-refractivity contribution < 1.29 is 4.39 Å². The van der Waals surface area contributed by atoms with Gasteiger partial charge in [0.2, 0.25) is 0 Å². The van der Waals surface area contributed by atoms with Gasteiger partial charge in [-0.1, -0.05) is 31.5 Å². The van der Waals surface area contributed by atoms with Crippen LogP contribution in [0.15, 0.2) is 12.1 Å². The Labute approximate surface area is 82.7 Å². The molecule has 0 saturated carbocycles. The quantitative estimate of drug-likeness (QED) is 0.596. The van der Waals surface area contributed by atoms with E-state index in [1.54, 1.807) is 0 Å². The van der Waals surface area contributed by atoms with Crippen LogP contribution in [0.5, 0.6) is 0 Å². The number of rotatable bonds is 0. The van der Waals surface area contributed by atoms with Crippen LogP contribution in [0.25, 0.3) is 0 Å². The van der Waals surface area contributed by atoms with Crippen LogP contribution in [0.4, 0.5) is 4.39 Å². The van der Waals surface area contributed by atoms with Crippen LogP contribution < -0.4 is 0 Å². The molecule has 0 aromatic heterocycles. The summed E-state index contributed by atoms with van der Waals surface area (Å²) < 4.78 is 13.1. The lowest BCUT2D eigenvalue weighted by atomic mass is 9.87. The van der Waals surface area contributed by atoms with Gasteiger partial charge in [-0.25, -0.2) is 4.39 Å². The highest BCUT2D eigenvalue weighted by Gasteiger charge is 2.31. The molecule has 13 heavy (non-hydrogen) atoms. The number of fused-ring (bicyclic) bond motifs is 1. The Hall–Kier alpha value is -0.560. The molecule has 2 rings (SSSR count). The van der Waals surface area contributed by atoms with E-state index >= 15 is 0 Å². The first kappa shape index (κ1) is 9.01. The van der Waals surface area contributed by atoms with Gasteiger partial charge in [0, 0.05) is 0 Å². The molecular weight excluding hydrogens is 187 g/mol. The summed E-state index contributed by atoms with van der Waals surface area (Å²) in [4.78, 5) is 0. The monoisotopic (exact) mass is 198 g/mol. The maximum absolute atomic E-state index is 13.1. The number of hydrogen-bond acceptors (Lipinski definition) is 0. The highest BCUT2D eigenvalue weighted by atomic mass is 35.5. The van der Waals surface area contributed by atoms with Gasteiger partial charge in [-0.15, -0.1) is 0 Å².